The third kappa shape index (κ3) is 3.03. The van der Waals surface area contributed by atoms with E-state index in [4.69, 9.17) is 4.74 Å². The lowest BCUT2D eigenvalue weighted by molar-refractivity contribution is 0.112. The van der Waals surface area contributed by atoms with E-state index in [0.29, 0.717) is 17.9 Å². The molecular formula is C17H15N3O2. The van der Waals surface area contributed by atoms with Gasteiger partial charge >= 0.3 is 0 Å². The molecule has 0 spiro atoms. The van der Waals surface area contributed by atoms with Crippen molar-refractivity contribution >= 4 is 6.29 Å². The molecule has 110 valence electrons. The summed E-state index contributed by atoms with van der Waals surface area (Å²) in [6.45, 7) is 2.24. The van der Waals surface area contributed by atoms with E-state index in [2.05, 4.69) is 10.2 Å². The number of carbonyl (C=O) groups excluding carboxylic acids is 1. The topological polar surface area (TPSA) is 57.0 Å². The zero-order valence-electron chi connectivity index (χ0n) is 12.1. The van der Waals surface area contributed by atoms with Crippen molar-refractivity contribution < 1.29 is 9.53 Å². The van der Waals surface area contributed by atoms with Gasteiger partial charge in [-0.25, -0.2) is 0 Å². The molecule has 5 nitrogen and oxygen atoms in total. The van der Waals surface area contributed by atoms with Gasteiger partial charge in [0.25, 0.3) is 0 Å². The van der Waals surface area contributed by atoms with Crippen LogP contribution in [0.2, 0.25) is 0 Å². The number of aryl methyl sites for hydroxylation is 1. The number of hydrogen-bond acceptors (Lipinski definition) is 4. The zero-order chi connectivity index (χ0) is 15.4. The zero-order valence-corrected chi connectivity index (χ0v) is 12.1. The molecule has 0 aliphatic carbocycles. The van der Waals surface area contributed by atoms with Gasteiger partial charge in [0.1, 0.15) is 24.3 Å². The molecule has 0 saturated heterocycles. The smallest absolute Gasteiger partial charge is 0.150 e. The van der Waals surface area contributed by atoms with Gasteiger partial charge in [0.15, 0.2) is 0 Å². The summed E-state index contributed by atoms with van der Waals surface area (Å²) in [6.07, 6.45) is 0.805. The molecule has 0 aliphatic rings. The van der Waals surface area contributed by atoms with Gasteiger partial charge in [0.05, 0.1) is 11.4 Å². The summed E-state index contributed by atoms with van der Waals surface area (Å²) in [5, 5.41) is 8.85. The fraction of sp³-hybridized carbons (Fsp3) is 0.118. The van der Waals surface area contributed by atoms with Crippen LogP contribution in [0.5, 0.6) is 5.75 Å². The summed E-state index contributed by atoms with van der Waals surface area (Å²) < 4.78 is 5.69. The maximum absolute atomic E-state index is 10.6. The number of aldehydes is 1. The molecule has 0 saturated carbocycles. The van der Waals surface area contributed by atoms with E-state index in [0.717, 1.165) is 23.4 Å². The Labute approximate surface area is 128 Å². The first kappa shape index (κ1) is 14.0. The Kier molecular flexibility index (Phi) is 3.96. The molecular weight excluding hydrogens is 278 g/mol. The van der Waals surface area contributed by atoms with Gasteiger partial charge < -0.3 is 4.74 Å². The Balaban J connectivity index is 1.72. The maximum Gasteiger partial charge on any atom is 0.150 e. The van der Waals surface area contributed by atoms with E-state index in [9.17, 15) is 4.79 Å². The Hall–Kier alpha value is -2.95. The molecule has 3 rings (SSSR count). The normalized spacial score (nSPS) is 10.4. The molecule has 0 aliphatic heterocycles. The van der Waals surface area contributed by atoms with E-state index in [1.54, 1.807) is 29.1 Å². The minimum Gasteiger partial charge on any atom is -0.487 e. The molecule has 1 heterocycles. The van der Waals surface area contributed by atoms with Gasteiger partial charge in [-0.2, -0.15) is 9.90 Å². The second kappa shape index (κ2) is 6.22. The number of aromatic nitrogens is 3. The number of para-hydroxylation sites is 1. The van der Waals surface area contributed by atoms with Gasteiger partial charge in [-0.3, -0.25) is 4.79 Å². The highest BCUT2D eigenvalue weighted by Gasteiger charge is 2.09. The van der Waals surface area contributed by atoms with Crippen molar-refractivity contribution in [3.8, 4) is 11.4 Å². The molecule has 1 aromatic heterocycles. The average molecular weight is 293 g/mol. The van der Waals surface area contributed by atoms with E-state index in [1.165, 1.54) is 0 Å². The summed E-state index contributed by atoms with van der Waals surface area (Å²) >= 11 is 0. The van der Waals surface area contributed by atoms with Crippen LogP contribution in [0.3, 0.4) is 0 Å². The van der Waals surface area contributed by atoms with Gasteiger partial charge in [-0.15, -0.1) is 5.10 Å². The first-order chi connectivity index (χ1) is 10.8. The largest absolute Gasteiger partial charge is 0.487 e. The molecule has 0 atom stereocenters. The molecule has 3 aromatic rings. The molecule has 0 amide bonds. The highest BCUT2D eigenvalue weighted by atomic mass is 16.5. The molecule has 5 heteroatoms. The first-order valence-corrected chi connectivity index (χ1v) is 6.92. The Morgan fingerprint density at radius 2 is 1.77 bits per heavy atom. The lowest BCUT2D eigenvalue weighted by Crippen LogP contribution is -2.01. The van der Waals surface area contributed by atoms with Crippen LogP contribution in [0, 0.1) is 6.92 Å². The highest BCUT2D eigenvalue weighted by Crippen LogP contribution is 2.14. The monoisotopic (exact) mass is 293 g/mol. The molecule has 0 N–H and O–H groups in total. The van der Waals surface area contributed by atoms with Gasteiger partial charge in [-0.1, -0.05) is 18.2 Å². The predicted molar refractivity (Wildman–Crippen MR) is 82.3 cm³/mol. The number of benzene rings is 2. The van der Waals surface area contributed by atoms with Crippen LogP contribution in [0.15, 0.2) is 54.6 Å². The molecule has 0 radical (unpaired) electrons. The van der Waals surface area contributed by atoms with Crippen molar-refractivity contribution in [3.05, 3.63) is 71.5 Å². The molecule has 0 bridgehead atoms. The van der Waals surface area contributed by atoms with Crippen molar-refractivity contribution in [1.29, 1.82) is 0 Å². The lowest BCUT2D eigenvalue weighted by atomic mass is 10.2. The highest BCUT2D eigenvalue weighted by molar-refractivity contribution is 5.74. The van der Waals surface area contributed by atoms with Crippen LogP contribution in [-0.4, -0.2) is 21.3 Å². The first-order valence-electron chi connectivity index (χ1n) is 6.92. The fourth-order valence-electron chi connectivity index (χ4n) is 2.01. The number of carbonyl (C=O) groups is 1. The third-order valence-electron chi connectivity index (χ3n) is 3.26. The van der Waals surface area contributed by atoms with Crippen LogP contribution in [0.1, 0.15) is 21.7 Å². The number of ether oxygens (including phenoxy) is 1. The van der Waals surface area contributed by atoms with Crippen molar-refractivity contribution in [3.63, 3.8) is 0 Å². The SMILES string of the molecule is Cc1nn(-c2ccccc2)nc1COc1ccc(C=O)cc1. The van der Waals surface area contributed by atoms with Crippen LogP contribution >= 0.6 is 0 Å². The summed E-state index contributed by atoms with van der Waals surface area (Å²) in [4.78, 5) is 12.2. The Bertz CT molecular complexity index is 764. The van der Waals surface area contributed by atoms with Crippen LogP contribution in [0.4, 0.5) is 0 Å². The second-order valence-corrected chi connectivity index (χ2v) is 4.83. The number of rotatable bonds is 5. The Morgan fingerprint density at radius 1 is 1.05 bits per heavy atom. The number of hydrogen-bond donors (Lipinski definition) is 0. The second-order valence-electron chi connectivity index (χ2n) is 4.83. The summed E-state index contributed by atoms with van der Waals surface area (Å²) in [5.41, 5.74) is 3.14. The minimum absolute atomic E-state index is 0.332. The van der Waals surface area contributed by atoms with E-state index >= 15 is 0 Å². The summed E-state index contributed by atoms with van der Waals surface area (Å²) in [6, 6.07) is 16.7. The van der Waals surface area contributed by atoms with Crippen LogP contribution in [0.25, 0.3) is 5.69 Å². The standard InChI is InChI=1S/C17H15N3O2/c1-13-17(12-22-16-9-7-14(11-21)8-10-16)19-20(18-13)15-5-3-2-4-6-15/h2-11H,12H2,1H3. The molecule has 0 unspecified atom stereocenters. The van der Waals surface area contributed by atoms with E-state index in [-0.39, 0.29) is 0 Å². The quantitative estimate of drug-likeness (QED) is 0.679. The summed E-state index contributed by atoms with van der Waals surface area (Å²) in [7, 11) is 0. The third-order valence-corrected chi connectivity index (χ3v) is 3.26. The predicted octanol–water partition coefficient (Wildman–Crippen LogP) is 2.97. The number of nitrogens with zero attached hydrogens (tertiary/aromatic N) is 3. The van der Waals surface area contributed by atoms with Gasteiger partial charge in [0, 0.05) is 5.56 Å². The molecule has 22 heavy (non-hydrogen) atoms. The minimum atomic E-state index is 0.332. The van der Waals surface area contributed by atoms with Gasteiger partial charge in [-0.05, 0) is 43.3 Å². The molecule has 2 aromatic carbocycles. The van der Waals surface area contributed by atoms with E-state index in [1.807, 2.05) is 37.3 Å². The molecule has 0 fully saturated rings. The fourth-order valence-corrected chi connectivity index (χ4v) is 2.01. The maximum atomic E-state index is 10.6. The van der Waals surface area contributed by atoms with Crippen molar-refractivity contribution in [1.82, 2.24) is 15.0 Å². The van der Waals surface area contributed by atoms with E-state index < -0.39 is 0 Å². The van der Waals surface area contributed by atoms with Crippen LogP contribution < -0.4 is 4.74 Å². The van der Waals surface area contributed by atoms with Crippen LogP contribution in [-0.2, 0) is 6.61 Å². The van der Waals surface area contributed by atoms with Crippen molar-refractivity contribution in [2.24, 2.45) is 0 Å². The van der Waals surface area contributed by atoms with Gasteiger partial charge in [0.2, 0.25) is 0 Å². The summed E-state index contributed by atoms with van der Waals surface area (Å²) in [5.74, 6) is 0.694. The Morgan fingerprint density at radius 3 is 2.45 bits per heavy atom. The lowest BCUT2D eigenvalue weighted by Gasteiger charge is -2.04. The van der Waals surface area contributed by atoms with Crippen molar-refractivity contribution in [2.75, 3.05) is 0 Å². The van der Waals surface area contributed by atoms with Crippen molar-refractivity contribution in [2.45, 2.75) is 13.5 Å². The average Bonchev–Trinajstić information content (AvgIpc) is 2.95.